The van der Waals surface area contributed by atoms with Crippen molar-refractivity contribution in [2.24, 2.45) is 5.92 Å². The van der Waals surface area contributed by atoms with Crippen LogP contribution in [0.1, 0.15) is 32.2 Å². The summed E-state index contributed by atoms with van der Waals surface area (Å²) in [6.07, 6.45) is 1.64. The Hall–Kier alpha value is -0.990. The smallest absolute Gasteiger partial charge is 0.159 e. The van der Waals surface area contributed by atoms with Crippen LogP contribution in [0.4, 0.5) is 0 Å². The van der Waals surface area contributed by atoms with Gasteiger partial charge in [-0.25, -0.2) is 0 Å². The van der Waals surface area contributed by atoms with E-state index in [-0.39, 0.29) is 0 Å². The first-order valence-corrected chi connectivity index (χ1v) is 4.40. The molecule has 0 aliphatic carbocycles. The molecular weight excluding hydrogens is 152 g/mol. The lowest BCUT2D eigenvalue weighted by atomic mass is 10.1. The molecule has 0 saturated heterocycles. The number of aromatic amines is 1. The van der Waals surface area contributed by atoms with E-state index in [9.17, 15) is 5.11 Å². The number of rotatable bonds is 3. The van der Waals surface area contributed by atoms with Gasteiger partial charge in [0.25, 0.3) is 0 Å². The molecule has 3 heteroatoms. The Labute approximate surface area is 72.8 Å². The predicted molar refractivity (Wildman–Crippen MR) is 48.2 cm³/mol. The number of aromatic nitrogens is 2. The van der Waals surface area contributed by atoms with Crippen LogP contribution in [0, 0.1) is 5.92 Å². The first kappa shape index (κ1) is 9.10. The third kappa shape index (κ3) is 1.78. The molecule has 68 valence electrons. The van der Waals surface area contributed by atoms with E-state index in [1.165, 1.54) is 0 Å². The van der Waals surface area contributed by atoms with E-state index < -0.39 is 0 Å². The number of hydrogen-bond acceptors (Lipinski definition) is 2. The summed E-state index contributed by atoms with van der Waals surface area (Å²) in [7, 11) is 0. The van der Waals surface area contributed by atoms with E-state index in [4.69, 9.17) is 0 Å². The Balaban J connectivity index is 2.80. The van der Waals surface area contributed by atoms with Crippen LogP contribution >= 0.6 is 0 Å². The maximum atomic E-state index is 9.58. The average Bonchev–Trinajstić information content (AvgIpc) is 2.32. The number of H-pyrrole nitrogens is 1. The molecule has 0 aromatic carbocycles. The van der Waals surface area contributed by atoms with Gasteiger partial charge >= 0.3 is 0 Å². The summed E-state index contributed by atoms with van der Waals surface area (Å²) in [6, 6.07) is 0. The van der Waals surface area contributed by atoms with Crippen molar-refractivity contribution in [1.82, 2.24) is 10.2 Å². The Morgan fingerprint density at radius 3 is 2.58 bits per heavy atom. The van der Waals surface area contributed by atoms with Gasteiger partial charge in [-0.2, -0.15) is 5.10 Å². The molecule has 0 spiro atoms. The molecule has 0 saturated carbocycles. The van der Waals surface area contributed by atoms with Gasteiger partial charge in [0.2, 0.25) is 0 Å². The fraction of sp³-hybridized carbons (Fsp3) is 0.667. The molecule has 12 heavy (non-hydrogen) atoms. The predicted octanol–water partition coefficient (Wildman–Crippen LogP) is 1.88. The molecule has 1 aromatic heterocycles. The first-order chi connectivity index (χ1) is 5.65. The third-order valence-corrected chi connectivity index (χ3v) is 1.83. The topological polar surface area (TPSA) is 48.9 Å². The van der Waals surface area contributed by atoms with Gasteiger partial charge in [-0.05, 0) is 18.8 Å². The molecule has 0 aliphatic rings. The minimum Gasteiger partial charge on any atom is -0.504 e. The molecule has 0 fully saturated rings. The quantitative estimate of drug-likeness (QED) is 0.724. The summed E-state index contributed by atoms with van der Waals surface area (Å²) < 4.78 is 0. The largest absolute Gasteiger partial charge is 0.504 e. The van der Waals surface area contributed by atoms with E-state index in [2.05, 4.69) is 24.0 Å². The van der Waals surface area contributed by atoms with Crippen molar-refractivity contribution in [3.63, 3.8) is 0 Å². The molecule has 0 amide bonds. The number of nitrogens with one attached hydrogen (secondary N) is 1. The van der Waals surface area contributed by atoms with E-state index in [0.717, 1.165) is 24.2 Å². The second kappa shape index (κ2) is 3.61. The molecule has 0 atom stereocenters. The maximum Gasteiger partial charge on any atom is 0.159 e. The van der Waals surface area contributed by atoms with Crippen molar-refractivity contribution in [3.8, 4) is 5.75 Å². The molecule has 0 radical (unpaired) electrons. The summed E-state index contributed by atoms with van der Waals surface area (Å²) >= 11 is 0. The molecule has 1 aromatic rings. The number of aryl methyl sites for hydroxylation is 1. The molecule has 3 nitrogen and oxygen atoms in total. The zero-order valence-corrected chi connectivity index (χ0v) is 7.89. The van der Waals surface area contributed by atoms with E-state index in [0.29, 0.717) is 11.7 Å². The van der Waals surface area contributed by atoms with Crippen molar-refractivity contribution >= 4 is 0 Å². The Morgan fingerprint density at radius 2 is 2.17 bits per heavy atom. The Morgan fingerprint density at radius 1 is 1.50 bits per heavy atom. The van der Waals surface area contributed by atoms with E-state index >= 15 is 0 Å². The van der Waals surface area contributed by atoms with Gasteiger partial charge in [0, 0.05) is 0 Å². The minimum atomic E-state index is 0.353. The van der Waals surface area contributed by atoms with Crippen molar-refractivity contribution in [2.75, 3.05) is 0 Å². The van der Waals surface area contributed by atoms with Crippen LogP contribution in [0.3, 0.4) is 0 Å². The van der Waals surface area contributed by atoms with Crippen LogP contribution in [-0.2, 0) is 12.8 Å². The van der Waals surface area contributed by atoms with Crippen LogP contribution in [0.25, 0.3) is 0 Å². The summed E-state index contributed by atoms with van der Waals surface area (Å²) in [5.41, 5.74) is 1.63. The van der Waals surface area contributed by atoms with E-state index in [1.807, 2.05) is 6.92 Å². The second-order valence-corrected chi connectivity index (χ2v) is 3.45. The summed E-state index contributed by atoms with van der Waals surface area (Å²) in [4.78, 5) is 0. The van der Waals surface area contributed by atoms with Gasteiger partial charge in [-0.15, -0.1) is 0 Å². The molecule has 2 N–H and O–H groups in total. The highest BCUT2D eigenvalue weighted by molar-refractivity contribution is 5.31. The molecule has 0 bridgehead atoms. The van der Waals surface area contributed by atoms with Crippen molar-refractivity contribution in [1.29, 1.82) is 0 Å². The normalized spacial score (nSPS) is 11.0. The molecule has 0 unspecified atom stereocenters. The average molecular weight is 168 g/mol. The highest BCUT2D eigenvalue weighted by atomic mass is 16.3. The van der Waals surface area contributed by atoms with Gasteiger partial charge < -0.3 is 5.11 Å². The molecule has 1 heterocycles. The van der Waals surface area contributed by atoms with Crippen molar-refractivity contribution in [3.05, 3.63) is 11.4 Å². The van der Waals surface area contributed by atoms with Gasteiger partial charge in [-0.3, -0.25) is 5.10 Å². The molecule has 0 aliphatic heterocycles. The lowest BCUT2D eigenvalue weighted by Gasteiger charge is -2.01. The van der Waals surface area contributed by atoms with Gasteiger partial charge in [0.05, 0.1) is 5.69 Å². The fourth-order valence-corrected chi connectivity index (χ4v) is 1.21. The lowest BCUT2D eigenvalue weighted by molar-refractivity contribution is 0.456. The van der Waals surface area contributed by atoms with Gasteiger partial charge in [0.15, 0.2) is 5.75 Å². The molecular formula is C9H16N2O. The summed E-state index contributed by atoms with van der Waals surface area (Å²) in [5, 5.41) is 16.5. The SMILES string of the molecule is CCc1n[nH]c(CC(C)C)c1O. The second-order valence-electron chi connectivity index (χ2n) is 3.45. The Kier molecular flexibility index (Phi) is 2.74. The standard InChI is InChI=1S/C9H16N2O/c1-4-7-9(12)8(11-10-7)5-6(2)3/h6,12H,4-5H2,1-3H3,(H,10,11). The van der Waals surface area contributed by atoms with Crippen LogP contribution in [0.5, 0.6) is 5.75 Å². The summed E-state index contributed by atoms with van der Waals surface area (Å²) in [6.45, 7) is 6.22. The molecule has 1 rings (SSSR count). The summed E-state index contributed by atoms with van der Waals surface area (Å²) in [5.74, 6) is 0.896. The minimum absolute atomic E-state index is 0.353. The first-order valence-electron chi connectivity index (χ1n) is 4.40. The van der Waals surface area contributed by atoms with Crippen molar-refractivity contribution in [2.45, 2.75) is 33.6 Å². The maximum absolute atomic E-state index is 9.58. The number of aromatic hydroxyl groups is 1. The number of nitrogens with zero attached hydrogens (tertiary/aromatic N) is 1. The van der Waals surface area contributed by atoms with Crippen molar-refractivity contribution < 1.29 is 5.11 Å². The fourth-order valence-electron chi connectivity index (χ4n) is 1.21. The third-order valence-electron chi connectivity index (χ3n) is 1.83. The number of hydrogen-bond donors (Lipinski definition) is 2. The lowest BCUT2D eigenvalue weighted by Crippen LogP contribution is -1.94. The zero-order chi connectivity index (χ0) is 9.14. The van der Waals surface area contributed by atoms with E-state index in [1.54, 1.807) is 0 Å². The monoisotopic (exact) mass is 168 g/mol. The van der Waals surface area contributed by atoms with Crippen LogP contribution in [0.2, 0.25) is 0 Å². The van der Waals surface area contributed by atoms with Crippen LogP contribution < -0.4 is 0 Å². The Bertz CT molecular complexity index is 253. The highest BCUT2D eigenvalue weighted by Crippen LogP contribution is 2.21. The van der Waals surface area contributed by atoms with Gasteiger partial charge in [-0.1, -0.05) is 20.8 Å². The highest BCUT2D eigenvalue weighted by Gasteiger charge is 2.10. The van der Waals surface area contributed by atoms with Crippen LogP contribution in [0.15, 0.2) is 0 Å². The zero-order valence-electron chi connectivity index (χ0n) is 7.89. The van der Waals surface area contributed by atoms with Crippen LogP contribution in [-0.4, -0.2) is 15.3 Å². The van der Waals surface area contributed by atoms with Gasteiger partial charge in [0.1, 0.15) is 5.69 Å².